The molecule has 2 aromatic heterocycles. The summed E-state index contributed by atoms with van der Waals surface area (Å²) in [5.41, 5.74) is 1.73. The molecule has 1 amide bonds. The van der Waals surface area contributed by atoms with Crippen molar-refractivity contribution in [1.82, 2.24) is 10.2 Å². The molecule has 2 aromatic carbocycles. The highest BCUT2D eigenvalue weighted by molar-refractivity contribution is 7.15. The summed E-state index contributed by atoms with van der Waals surface area (Å²) in [6, 6.07) is 18.9. The molecule has 0 atom stereocenters. The van der Waals surface area contributed by atoms with Crippen LogP contribution in [0.2, 0.25) is 0 Å². The van der Waals surface area contributed by atoms with Crippen LogP contribution < -0.4 is 5.32 Å². The fraction of sp³-hybridized carbons (Fsp3) is 0.0500. The molecule has 0 aliphatic carbocycles. The molecule has 2 heterocycles. The lowest BCUT2D eigenvalue weighted by Crippen LogP contribution is -2.10. The van der Waals surface area contributed by atoms with E-state index in [0.717, 1.165) is 10.6 Å². The Labute approximate surface area is 169 Å². The Kier molecular flexibility index (Phi) is 5.12. The molecule has 0 unspecified atom stereocenters. The Morgan fingerprint density at radius 3 is 2.52 bits per heavy atom. The van der Waals surface area contributed by atoms with Crippen molar-refractivity contribution in [2.45, 2.75) is 6.42 Å². The summed E-state index contributed by atoms with van der Waals surface area (Å²) < 4.78 is 5.58. The molecule has 29 heavy (non-hydrogen) atoms. The van der Waals surface area contributed by atoms with Crippen molar-refractivity contribution in [3.05, 3.63) is 93.2 Å². The Balaban J connectivity index is 1.42. The number of furan rings is 1. The second kappa shape index (κ2) is 8.03. The summed E-state index contributed by atoms with van der Waals surface area (Å²) >= 11 is 1.30. The molecule has 1 N–H and O–H groups in total. The molecule has 9 heteroatoms. The third-order valence-electron chi connectivity index (χ3n) is 4.08. The number of nitro benzene ring substituents is 1. The average molecular weight is 406 g/mol. The molecule has 0 spiro atoms. The van der Waals surface area contributed by atoms with Gasteiger partial charge in [-0.2, -0.15) is 0 Å². The zero-order valence-corrected chi connectivity index (χ0v) is 15.8. The largest absolute Gasteiger partial charge is 0.451 e. The topological polar surface area (TPSA) is 111 Å². The Hall–Kier alpha value is -3.85. The minimum Gasteiger partial charge on any atom is -0.451 e. The van der Waals surface area contributed by atoms with Crippen molar-refractivity contribution in [3.63, 3.8) is 0 Å². The highest BCUT2D eigenvalue weighted by atomic mass is 32.1. The van der Waals surface area contributed by atoms with Crippen molar-refractivity contribution in [2.24, 2.45) is 0 Å². The van der Waals surface area contributed by atoms with Crippen LogP contribution in [0.3, 0.4) is 0 Å². The molecule has 4 rings (SSSR count). The molecular weight excluding hydrogens is 392 g/mol. The zero-order valence-electron chi connectivity index (χ0n) is 14.9. The van der Waals surface area contributed by atoms with Gasteiger partial charge in [-0.25, -0.2) is 0 Å². The first kappa shape index (κ1) is 18.5. The maximum absolute atomic E-state index is 12.4. The van der Waals surface area contributed by atoms with Crippen LogP contribution in [-0.2, 0) is 6.42 Å². The van der Waals surface area contributed by atoms with E-state index in [9.17, 15) is 14.9 Å². The smallest absolute Gasteiger partial charge is 0.293 e. The Morgan fingerprint density at radius 1 is 1.03 bits per heavy atom. The highest BCUT2D eigenvalue weighted by Crippen LogP contribution is 2.25. The maximum Gasteiger partial charge on any atom is 0.293 e. The van der Waals surface area contributed by atoms with E-state index < -0.39 is 10.8 Å². The molecule has 144 valence electrons. The van der Waals surface area contributed by atoms with Crippen molar-refractivity contribution in [1.29, 1.82) is 0 Å². The molecule has 8 nitrogen and oxygen atoms in total. The second-order valence-electron chi connectivity index (χ2n) is 6.09. The Morgan fingerprint density at radius 2 is 1.79 bits per heavy atom. The molecule has 4 aromatic rings. The van der Waals surface area contributed by atoms with Gasteiger partial charge in [0, 0.05) is 24.1 Å². The second-order valence-corrected chi connectivity index (χ2v) is 7.15. The lowest BCUT2D eigenvalue weighted by molar-refractivity contribution is -0.384. The first-order valence-corrected chi connectivity index (χ1v) is 9.42. The van der Waals surface area contributed by atoms with Crippen LogP contribution in [0.1, 0.15) is 21.1 Å². The van der Waals surface area contributed by atoms with Gasteiger partial charge in [-0.05, 0) is 29.8 Å². The predicted octanol–water partition coefficient (Wildman–Crippen LogP) is 4.55. The van der Waals surface area contributed by atoms with Gasteiger partial charge in [-0.3, -0.25) is 20.2 Å². The number of nitrogens with one attached hydrogen (secondary N) is 1. The monoisotopic (exact) mass is 406 g/mol. The van der Waals surface area contributed by atoms with Crippen molar-refractivity contribution in [3.8, 4) is 11.3 Å². The van der Waals surface area contributed by atoms with Crippen LogP contribution in [0, 0.1) is 10.1 Å². The number of rotatable bonds is 6. The summed E-state index contributed by atoms with van der Waals surface area (Å²) in [6.07, 6.45) is 0.638. The number of nitro groups is 1. The first-order chi connectivity index (χ1) is 14.1. The van der Waals surface area contributed by atoms with E-state index in [0.29, 0.717) is 22.9 Å². The lowest BCUT2D eigenvalue weighted by atomic mass is 10.1. The third kappa shape index (κ3) is 4.36. The standard InChI is InChI=1S/C20H14N4O4S/c25-19(21-20-23-22-18(29-20)12-13-4-2-1-3-5-13)17-11-10-16(28-17)14-6-8-15(9-7-14)24(26)27/h1-11H,12H2,(H,21,23,25). The quantitative estimate of drug-likeness (QED) is 0.371. The average Bonchev–Trinajstić information content (AvgIpc) is 3.39. The predicted molar refractivity (Wildman–Crippen MR) is 108 cm³/mol. The van der Waals surface area contributed by atoms with Gasteiger partial charge in [0.05, 0.1) is 4.92 Å². The SMILES string of the molecule is O=C(Nc1nnc(Cc2ccccc2)s1)c1ccc(-c2ccc([N+](=O)[O-])cc2)o1. The number of anilines is 1. The third-order valence-corrected chi connectivity index (χ3v) is 4.92. The molecule has 0 fully saturated rings. The van der Waals surface area contributed by atoms with Crippen LogP contribution in [0.15, 0.2) is 71.1 Å². The minimum atomic E-state index is -0.473. The molecule has 0 saturated heterocycles. The fourth-order valence-corrected chi connectivity index (χ4v) is 3.44. The van der Waals surface area contributed by atoms with Gasteiger partial charge in [0.25, 0.3) is 11.6 Å². The van der Waals surface area contributed by atoms with Gasteiger partial charge in [0.15, 0.2) is 5.76 Å². The normalized spacial score (nSPS) is 10.6. The summed E-state index contributed by atoms with van der Waals surface area (Å²) in [5.74, 6) is 0.103. The summed E-state index contributed by atoms with van der Waals surface area (Å²) in [4.78, 5) is 22.7. The van der Waals surface area contributed by atoms with Gasteiger partial charge >= 0.3 is 0 Å². The van der Waals surface area contributed by atoms with Crippen molar-refractivity contribution in [2.75, 3.05) is 5.32 Å². The summed E-state index contributed by atoms with van der Waals surface area (Å²) in [7, 11) is 0. The number of amides is 1. The van der Waals surface area contributed by atoms with Gasteiger partial charge < -0.3 is 4.42 Å². The van der Waals surface area contributed by atoms with E-state index in [1.165, 1.54) is 29.5 Å². The van der Waals surface area contributed by atoms with Crippen molar-refractivity contribution >= 4 is 28.1 Å². The minimum absolute atomic E-state index is 0.0131. The zero-order chi connectivity index (χ0) is 20.2. The number of carbonyl (C=O) groups is 1. The van der Waals surface area contributed by atoms with E-state index in [4.69, 9.17) is 4.42 Å². The van der Waals surface area contributed by atoms with Crippen LogP contribution in [-0.4, -0.2) is 21.0 Å². The van der Waals surface area contributed by atoms with Crippen LogP contribution in [0.4, 0.5) is 10.8 Å². The number of non-ortho nitro benzene ring substituents is 1. The lowest BCUT2D eigenvalue weighted by Gasteiger charge is -1.99. The number of benzene rings is 2. The van der Waals surface area contributed by atoms with Crippen LogP contribution in [0.5, 0.6) is 0 Å². The number of aromatic nitrogens is 2. The van der Waals surface area contributed by atoms with Gasteiger partial charge in [0.1, 0.15) is 10.8 Å². The van der Waals surface area contributed by atoms with Gasteiger partial charge in [-0.1, -0.05) is 41.7 Å². The molecule has 0 saturated carbocycles. The highest BCUT2D eigenvalue weighted by Gasteiger charge is 2.15. The number of hydrogen-bond acceptors (Lipinski definition) is 7. The molecule has 0 radical (unpaired) electrons. The van der Waals surface area contributed by atoms with Gasteiger partial charge in [-0.15, -0.1) is 10.2 Å². The van der Waals surface area contributed by atoms with Crippen LogP contribution >= 0.6 is 11.3 Å². The maximum atomic E-state index is 12.4. The molecular formula is C20H14N4O4S. The number of carbonyl (C=O) groups excluding carboxylic acids is 1. The van der Waals surface area contributed by atoms with Crippen LogP contribution in [0.25, 0.3) is 11.3 Å². The number of hydrogen-bond donors (Lipinski definition) is 1. The molecule has 0 aliphatic heterocycles. The van der Waals surface area contributed by atoms with E-state index in [1.807, 2.05) is 30.3 Å². The Bertz CT molecular complexity index is 1150. The van der Waals surface area contributed by atoms with E-state index >= 15 is 0 Å². The molecule has 0 bridgehead atoms. The molecule has 0 aliphatic rings. The van der Waals surface area contributed by atoms with Crippen molar-refractivity contribution < 1.29 is 14.1 Å². The fourth-order valence-electron chi connectivity index (χ4n) is 2.67. The van der Waals surface area contributed by atoms with Gasteiger partial charge in [0.2, 0.25) is 5.13 Å². The van der Waals surface area contributed by atoms with E-state index in [2.05, 4.69) is 15.5 Å². The van der Waals surface area contributed by atoms with E-state index in [1.54, 1.807) is 18.2 Å². The first-order valence-electron chi connectivity index (χ1n) is 8.61. The summed E-state index contributed by atoms with van der Waals surface area (Å²) in [6.45, 7) is 0. The summed E-state index contributed by atoms with van der Waals surface area (Å²) in [5, 5.41) is 22.7. The van der Waals surface area contributed by atoms with E-state index in [-0.39, 0.29) is 11.4 Å². The number of nitrogens with zero attached hydrogens (tertiary/aromatic N) is 3.